The number of nitrogens with one attached hydrogen (secondary N) is 1. The van der Waals surface area contributed by atoms with E-state index in [0.717, 1.165) is 30.9 Å². The van der Waals surface area contributed by atoms with Gasteiger partial charge in [0.25, 0.3) is 0 Å². The van der Waals surface area contributed by atoms with Crippen molar-refractivity contribution in [2.24, 2.45) is 4.99 Å². The molecule has 1 fully saturated rings. The molecule has 1 aromatic carbocycles. The van der Waals surface area contributed by atoms with Crippen LogP contribution < -0.4 is 5.56 Å². The van der Waals surface area contributed by atoms with Gasteiger partial charge in [-0.2, -0.15) is 0 Å². The third-order valence-corrected chi connectivity index (χ3v) is 6.19. The summed E-state index contributed by atoms with van der Waals surface area (Å²) < 4.78 is 2.20. The molecule has 0 radical (unpaired) electrons. The smallest absolute Gasteiger partial charge is 0.329 e. The number of aromatic nitrogens is 2. The first-order valence-electron chi connectivity index (χ1n) is 10.6. The van der Waals surface area contributed by atoms with Crippen molar-refractivity contribution in [3.05, 3.63) is 112 Å². The van der Waals surface area contributed by atoms with E-state index < -0.39 is 0 Å². The summed E-state index contributed by atoms with van der Waals surface area (Å²) in [5.41, 5.74) is 5.91. The first-order chi connectivity index (χ1) is 15.3. The second kappa shape index (κ2) is 7.25. The minimum atomic E-state index is -0.105. The predicted octanol–water partition coefficient (Wildman–Crippen LogP) is 2.75. The third-order valence-electron chi connectivity index (χ3n) is 6.19. The van der Waals surface area contributed by atoms with Gasteiger partial charge in [0.2, 0.25) is 5.56 Å². The molecule has 2 aromatic heterocycles. The van der Waals surface area contributed by atoms with Crippen LogP contribution in [0.1, 0.15) is 29.2 Å². The van der Waals surface area contributed by atoms with Gasteiger partial charge < -0.3 is 4.98 Å². The summed E-state index contributed by atoms with van der Waals surface area (Å²) in [6, 6.07) is 18.7. The molecule has 1 N–H and O–H groups in total. The molecule has 2 atom stereocenters. The topological polar surface area (TPSA) is 64.4 Å². The van der Waals surface area contributed by atoms with E-state index in [0.29, 0.717) is 0 Å². The van der Waals surface area contributed by atoms with Crippen molar-refractivity contribution in [3.63, 3.8) is 0 Å². The molecule has 3 aliphatic rings. The van der Waals surface area contributed by atoms with Gasteiger partial charge in [-0.15, -0.1) is 0 Å². The number of nitrogens with zero attached hydrogens (tertiary/aromatic N) is 4. The molecule has 152 valence electrons. The molecule has 6 rings (SSSR count). The van der Waals surface area contributed by atoms with Gasteiger partial charge in [0.05, 0.1) is 30.9 Å². The van der Waals surface area contributed by atoms with E-state index in [1.165, 1.54) is 22.4 Å². The lowest BCUT2D eigenvalue weighted by molar-refractivity contribution is -0.357. The predicted molar refractivity (Wildman–Crippen MR) is 119 cm³/mol. The number of fused-ring (bicyclic) bond motifs is 2. The molecular formula is C25H22N5O+. The van der Waals surface area contributed by atoms with Gasteiger partial charge in [-0.1, -0.05) is 41.4 Å². The summed E-state index contributed by atoms with van der Waals surface area (Å²) in [4.78, 5) is 26.3. The molecule has 1 saturated carbocycles. The zero-order valence-electron chi connectivity index (χ0n) is 17.0. The molecule has 0 saturated heterocycles. The molecule has 0 spiro atoms. The van der Waals surface area contributed by atoms with Gasteiger partial charge in [-0.25, -0.2) is 4.58 Å². The van der Waals surface area contributed by atoms with Crippen LogP contribution in [0.4, 0.5) is 0 Å². The monoisotopic (exact) mass is 408 g/mol. The van der Waals surface area contributed by atoms with Crippen LogP contribution in [0.15, 0.2) is 94.2 Å². The zero-order valence-corrected chi connectivity index (χ0v) is 17.0. The van der Waals surface area contributed by atoms with Crippen molar-refractivity contribution in [1.29, 1.82) is 0 Å². The Morgan fingerprint density at radius 1 is 1.10 bits per heavy atom. The third kappa shape index (κ3) is 3.25. The van der Waals surface area contributed by atoms with E-state index >= 15 is 0 Å². The lowest BCUT2D eigenvalue weighted by atomic mass is 9.97. The molecular weight excluding hydrogens is 386 g/mol. The van der Waals surface area contributed by atoms with Crippen molar-refractivity contribution in [3.8, 4) is 0 Å². The van der Waals surface area contributed by atoms with Crippen LogP contribution in [-0.4, -0.2) is 50.6 Å². The maximum absolute atomic E-state index is 11.9. The molecule has 0 amide bonds. The van der Waals surface area contributed by atoms with Gasteiger partial charge in [-0.3, -0.25) is 14.7 Å². The lowest BCUT2D eigenvalue weighted by Gasteiger charge is -2.34. The number of aromatic amines is 1. The Morgan fingerprint density at radius 2 is 1.97 bits per heavy atom. The Hall–Kier alpha value is -3.64. The maximum atomic E-state index is 11.9. The molecule has 2 unspecified atom stereocenters. The second-order valence-electron chi connectivity index (χ2n) is 8.17. The fourth-order valence-corrected chi connectivity index (χ4v) is 4.67. The summed E-state index contributed by atoms with van der Waals surface area (Å²) >= 11 is 0. The number of rotatable bonds is 4. The summed E-state index contributed by atoms with van der Waals surface area (Å²) in [5.74, 6) is 0.879. The first kappa shape index (κ1) is 18.2. The van der Waals surface area contributed by atoms with Crippen molar-refractivity contribution in [2.75, 3.05) is 13.1 Å². The molecule has 3 aromatic rings. The molecule has 1 aliphatic carbocycles. The Bertz CT molecular complexity index is 1250. The SMILES string of the molecule is O=c1cc(C2=NC3CC3=C3CN(C(c4ccccc4)c4cccnc4)CC=[N+]23)cc[nH]1. The Balaban J connectivity index is 1.40. The van der Waals surface area contributed by atoms with Crippen molar-refractivity contribution in [2.45, 2.75) is 18.5 Å². The quantitative estimate of drug-likeness (QED) is 0.675. The number of hydrogen-bond acceptors (Lipinski definition) is 4. The summed E-state index contributed by atoms with van der Waals surface area (Å²) in [6.07, 6.45) is 8.68. The van der Waals surface area contributed by atoms with E-state index in [1.54, 1.807) is 12.3 Å². The highest BCUT2D eigenvalue weighted by Gasteiger charge is 2.48. The summed E-state index contributed by atoms with van der Waals surface area (Å²) in [6.45, 7) is 1.61. The number of hydrogen-bond donors (Lipinski definition) is 1. The van der Waals surface area contributed by atoms with Gasteiger partial charge in [-0.05, 0) is 23.3 Å². The molecule has 6 nitrogen and oxygen atoms in total. The number of aliphatic imine (C=N–C) groups is 1. The zero-order chi connectivity index (χ0) is 20.8. The van der Waals surface area contributed by atoms with E-state index in [2.05, 4.69) is 62.1 Å². The molecule has 2 aliphatic heterocycles. The number of pyridine rings is 2. The van der Waals surface area contributed by atoms with E-state index in [9.17, 15) is 4.79 Å². The minimum absolute atomic E-state index is 0.105. The summed E-state index contributed by atoms with van der Waals surface area (Å²) in [7, 11) is 0. The highest BCUT2D eigenvalue weighted by Crippen LogP contribution is 2.42. The number of amidine groups is 1. The standard InChI is InChI=1S/C25H21N5O/c31-23-13-18(8-10-27-23)25-28-21-14-20(21)22-16-29(11-12-30(22)25)24(17-5-2-1-3-6-17)19-7-4-9-26-15-19/h1-10,12-13,15,21,24H,11,14,16H2/p+1. The van der Waals surface area contributed by atoms with Gasteiger partial charge >= 0.3 is 5.84 Å². The summed E-state index contributed by atoms with van der Waals surface area (Å²) in [5, 5.41) is 0. The van der Waals surface area contributed by atoms with Gasteiger partial charge in [0, 0.05) is 36.7 Å². The van der Waals surface area contributed by atoms with Crippen LogP contribution in [0.5, 0.6) is 0 Å². The van der Waals surface area contributed by atoms with Crippen LogP contribution in [-0.2, 0) is 0 Å². The average molecular weight is 408 g/mol. The Kier molecular flexibility index (Phi) is 4.25. The highest BCUT2D eigenvalue weighted by atomic mass is 16.1. The van der Waals surface area contributed by atoms with Gasteiger partial charge in [0.1, 0.15) is 5.70 Å². The fraction of sp³-hybridized carbons (Fsp3) is 0.200. The molecule has 31 heavy (non-hydrogen) atoms. The van der Waals surface area contributed by atoms with Crippen LogP contribution >= 0.6 is 0 Å². The molecule has 4 heterocycles. The normalized spacial score (nSPS) is 21.0. The largest absolute Gasteiger partial charge is 0.330 e. The second-order valence-corrected chi connectivity index (χ2v) is 8.17. The molecule has 6 heteroatoms. The Morgan fingerprint density at radius 3 is 2.77 bits per heavy atom. The van der Waals surface area contributed by atoms with Crippen LogP contribution in [0.2, 0.25) is 0 Å². The van der Waals surface area contributed by atoms with E-state index in [1.807, 2.05) is 24.5 Å². The number of benzene rings is 1. The molecule has 0 bridgehead atoms. The Labute approximate surface area is 179 Å². The van der Waals surface area contributed by atoms with Crippen LogP contribution in [0.3, 0.4) is 0 Å². The maximum Gasteiger partial charge on any atom is 0.330 e. The van der Waals surface area contributed by atoms with E-state index in [-0.39, 0.29) is 17.6 Å². The average Bonchev–Trinajstić information content (AvgIpc) is 3.60. The highest BCUT2D eigenvalue weighted by molar-refractivity contribution is 5.96. The van der Waals surface area contributed by atoms with Crippen molar-refractivity contribution in [1.82, 2.24) is 14.9 Å². The van der Waals surface area contributed by atoms with Crippen LogP contribution in [0.25, 0.3) is 0 Å². The van der Waals surface area contributed by atoms with E-state index in [4.69, 9.17) is 4.99 Å². The van der Waals surface area contributed by atoms with Crippen LogP contribution in [0, 0.1) is 0 Å². The first-order valence-corrected chi connectivity index (χ1v) is 10.6. The fourth-order valence-electron chi connectivity index (χ4n) is 4.67. The van der Waals surface area contributed by atoms with Crippen molar-refractivity contribution >= 4 is 12.1 Å². The number of H-pyrrole nitrogens is 1. The lowest BCUT2D eigenvalue weighted by Crippen LogP contribution is -2.44. The van der Waals surface area contributed by atoms with Crippen molar-refractivity contribution < 1.29 is 4.58 Å². The van der Waals surface area contributed by atoms with Gasteiger partial charge in [0.15, 0.2) is 6.04 Å². The minimum Gasteiger partial charge on any atom is -0.329 e.